The van der Waals surface area contributed by atoms with E-state index in [0.717, 1.165) is 11.3 Å². The molecule has 0 saturated carbocycles. The van der Waals surface area contributed by atoms with Gasteiger partial charge in [-0.2, -0.15) is 0 Å². The van der Waals surface area contributed by atoms with E-state index < -0.39 is 0 Å². The Morgan fingerprint density at radius 2 is 1.81 bits per heavy atom. The summed E-state index contributed by atoms with van der Waals surface area (Å²) in [5.74, 6) is 4.36. The van der Waals surface area contributed by atoms with Crippen LogP contribution in [0, 0.1) is 6.92 Å². The first kappa shape index (κ1) is 12.2. The van der Waals surface area contributed by atoms with Crippen molar-refractivity contribution in [3.05, 3.63) is 29.8 Å². The lowest BCUT2D eigenvalue weighted by molar-refractivity contribution is -0.124. The predicted molar refractivity (Wildman–Crippen MR) is 61.4 cm³/mol. The second kappa shape index (κ2) is 5.87. The first-order valence-corrected chi connectivity index (χ1v) is 4.98. The molecule has 5 nitrogen and oxygen atoms in total. The monoisotopic (exact) mass is 221 g/mol. The van der Waals surface area contributed by atoms with E-state index in [-0.39, 0.29) is 24.7 Å². The van der Waals surface area contributed by atoms with E-state index in [4.69, 9.17) is 5.84 Å². The molecule has 16 heavy (non-hydrogen) atoms. The minimum Gasteiger partial charge on any atom is -0.326 e. The minimum absolute atomic E-state index is 0.0915. The zero-order valence-electron chi connectivity index (χ0n) is 9.12. The lowest BCUT2D eigenvalue weighted by atomic mass is 10.2. The highest BCUT2D eigenvalue weighted by Crippen LogP contribution is 2.13. The highest BCUT2D eigenvalue weighted by molar-refractivity contribution is 5.93. The quantitative estimate of drug-likeness (QED) is 0.397. The lowest BCUT2D eigenvalue weighted by Crippen LogP contribution is -2.30. The van der Waals surface area contributed by atoms with Gasteiger partial charge in [-0.15, -0.1) is 0 Å². The molecule has 5 heteroatoms. The van der Waals surface area contributed by atoms with E-state index in [1.807, 2.05) is 36.6 Å². The second-order valence-electron chi connectivity index (χ2n) is 3.43. The van der Waals surface area contributed by atoms with Gasteiger partial charge in [0.15, 0.2) is 0 Å². The molecule has 2 amide bonds. The number of nitrogens with two attached hydrogens (primary N) is 1. The molecular weight excluding hydrogens is 206 g/mol. The van der Waals surface area contributed by atoms with Crippen LogP contribution >= 0.6 is 0 Å². The number of carbonyl (C=O) groups is 2. The van der Waals surface area contributed by atoms with Crippen LogP contribution in [0.4, 0.5) is 5.69 Å². The standard InChI is InChI=1S/C11H15N3O2/c1-8-4-2-3-5-9(8)13-10(15)6-7-11(16)14-12/h2-5H,6-7,12H2,1H3,(H,13,15)(H,14,16). The largest absolute Gasteiger partial charge is 0.326 e. The molecule has 4 N–H and O–H groups in total. The van der Waals surface area contributed by atoms with Crippen LogP contribution < -0.4 is 16.6 Å². The summed E-state index contributed by atoms with van der Waals surface area (Å²) in [6.45, 7) is 1.90. The van der Waals surface area contributed by atoms with Crippen molar-refractivity contribution in [1.29, 1.82) is 0 Å². The number of aryl methyl sites for hydroxylation is 1. The summed E-state index contributed by atoms with van der Waals surface area (Å²) in [5, 5.41) is 2.73. The van der Waals surface area contributed by atoms with E-state index >= 15 is 0 Å². The number of hydrogen-bond donors (Lipinski definition) is 3. The van der Waals surface area contributed by atoms with Gasteiger partial charge in [0.2, 0.25) is 11.8 Å². The molecule has 0 aliphatic heterocycles. The van der Waals surface area contributed by atoms with Gasteiger partial charge < -0.3 is 5.32 Å². The summed E-state index contributed by atoms with van der Waals surface area (Å²) in [6, 6.07) is 7.46. The molecule has 0 aliphatic rings. The van der Waals surface area contributed by atoms with Crippen LogP contribution in [-0.2, 0) is 9.59 Å². The summed E-state index contributed by atoms with van der Waals surface area (Å²) < 4.78 is 0. The Hall–Kier alpha value is -1.88. The molecule has 1 aromatic rings. The first-order chi connectivity index (χ1) is 7.63. The number of carbonyl (C=O) groups excluding carboxylic acids is 2. The van der Waals surface area contributed by atoms with Crippen LogP contribution in [0.5, 0.6) is 0 Å². The molecule has 0 radical (unpaired) electrons. The molecule has 0 atom stereocenters. The van der Waals surface area contributed by atoms with Gasteiger partial charge in [0.05, 0.1) is 0 Å². The maximum Gasteiger partial charge on any atom is 0.234 e. The fraction of sp³-hybridized carbons (Fsp3) is 0.273. The second-order valence-corrected chi connectivity index (χ2v) is 3.43. The molecule has 0 fully saturated rings. The molecule has 0 spiro atoms. The Labute approximate surface area is 94.0 Å². The molecule has 0 aromatic heterocycles. The minimum atomic E-state index is -0.347. The van der Waals surface area contributed by atoms with Crippen LogP contribution in [0.1, 0.15) is 18.4 Å². The molecular formula is C11H15N3O2. The maximum absolute atomic E-state index is 11.5. The van der Waals surface area contributed by atoms with Crippen molar-refractivity contribution in [2.24, 2.45) is 5.84 Å². The van der Waals surface area contributed by atoms with Gasteiger partial charge in [-0.1, -0.05) is 18.2 Å². The Bertz CT molecular complexity index is 391. The van der Waals surface area contributed by atoms with Crippen LogP contribution in [0.2, 0.25) is 0 Å². The number of para-hydroxylation sites is 1. The molecule has 1 aromatic carbocycles. The third-order valence-corrected chi connectivity index (χ3v) is 2.16. The third kappa shape index (κ3) is 3.70. The molecule has 0 bridgehead atoms. The van der Waals surface area contributed by atoms with Gasteiger partial charge in [0.25, 0.3) is 0 Å². The summed E-state index contributed by atoms with van der Waals surface area (Å²) in [5.41, 5.74) is 3.73. The zero-order chi connectivity index (χ0) is 12.0. The lowest BCUT2D eigenvalue weighted by Gasteiger charge is -2.07. The van der Waals surface area contributed by atoms with Crippen LogP contribution in [0.25, 0.3) is 0 Å². The van der Waals surface area contributed by atoms with Gasteiger partial charge in [-0.05, 0) is 18.6 Å². The predicted octanol–water partition coefficient (Wildman–Crippen LogP) is 0.704. The van der Waals surface area contributed by atoms with E-state index in [1.54, 1.807) is 0 Å². The van der Waals surface area contributed by atoms with Crippen LogP contribution in [0.3, 0.4) is 0 Å². The average Bonchev–Trinajstić information content (AvgIpc) is 2.29. The van der Waals surface area contributed by atoms with Crippen molar-refractivity contribution in [1.82, 2.24) is 5.43 Å². The van der Waals surface area contributed by atoms with Gasteiger partial charge in [0.1, 0.15) is 0 Å². The molecule has 86 valence electrons. The maximum atomic E-state index is 11.5. The smallest absolute Gasteiger partial charge is 0.234 e. The Morgan fingerprint density at radius 3 is 2.44 bits per heavy atom. The Morgan fingerprint density at radius 1 is 1.19 bits per heavy atom. The number of nitrogens with one attached hydrogen (secondary N) is 2. The summed E-state index contributed by atoms with van der Waals surface area (Å²) >= 11 is 0. The van der Waals surface area contributed by atoms with Crippen molar-refractivity contribution in [2.45, 2.75) is 19.8 Å². The van der Waals surface area contributed by atoms with Crippen molar-refractivity contribution in [3.8, 4) is 0 Å². The summed E-state index contributed by atoms with van der Waals surface area (Å²) in [4.78, 5) is 22.3. The first-order valence-electron chi connectivity index (χ1n) is 4.98. The van der Waals surface area contributed by atoms with Crippen molar-refractivity contribution < 1.29 is 9.59 Å². The van der Waals surface area contributed by atoms with E-state index in [0.29, 0.717) is 0 Å². The number of rotatable bonds is 4. The fourth-order valence-electron chi connectivity index (χ4n) is 1.23. The van der Waals surface area contributed by atoms with Crippen molar-refractivity contribution >= 4 is 17.5 Å². The number of hydrogen-bond acceptors (Lipinski definition) is 3. The third-order valence-electron chi connectivity index (χ3n) is 2.16. The molecule has 0 aliphatic carbocycles. The van der Waals surface area contributed by atoms with Gasteiger partial charge in [0, 0.05) is 18.5 Å². The highest BCUT2D eigenvalue weighted by atomic mass is 16.2. The molecule has 0 saturated heterocycles. The number of hydrazine groups is 1. The number of benzene rings is 1. The van der Waals surface area contributed by atoms with E-state index in [2.05, 4.69) is 5.32 Å². The van der Waals surface area contributed by atoms with Crippen molar-refractivity contribution in [2.75, 3.05) is 5.32 Å². The average molecular weight is 221 g/mol. The van der Waals surface area contributed by atoms with E-state index in [9.17, 15) is 9.59 Å². The van der Waals surface area contributed by atoms with Crippen molar-refractivity contribution in [3.63, 3.8) is 0 Å². The summed E-state index contributed by atoms with van der Waals surface area (Å²) in [7, 11) is 0. The SMILES string of the molecule is Cc1ccccc1NC(=O)CCC(=O)NN. The molecule has 0 unspecified atom stereocenters. The zero-order valence-corrected chi connectivity index (χ0v) is 9.12. The van der Waals surface area contributed by atoms with Crippen LogP contribution in [-0.4, -0.2) is 11.8 Å². The van der Waals surface area contributed by atoms with Gasteiger partial charge in [-0.3, -0.25) is 15.0 Å². The normalized spacial score (nSPS) is 9.62. The van der Waals surface area contributed by atoms with E-state index in [1.165, 1.54) is 0 Å². The van der Waals surface area contributed by atoms with Crippen LogP contribution in [0.15, 0.2) is 24.3 Å². The summed E-state index contributed by atoms with van der Waals surface area (Å²) in [6.07, 6.45) is 0.214. The number of amides is 2. The van der Waals surface area contributed by atoms with Gasteiger partial charge >= 0.3 is 0 Å². The molecule has 0 heterocycles. The van der Waals surface area contributed by atoms with Gasteiger partial charge in [-0.25, -0.2) is 5.84 Å². The highest BCUT2D eigenvalue weighted by Gasteiger charge is 2.06. The Kier molecular flexibility index (Phi) is 4.47. The topological polar surface area (TPSA) is 84.2 Å². The number of anilines is 1. The molecule has 1 rings (SSSR count). The Balaban J connectivity index is 2.46. The fourth-order valence-corrected chi connectivity index (χ4v) is 1.23.